The molecule has 1 aromatic carbocycles. The zero-order valence-corrected chi connectivity index (χ0v) is 10.3. The first-order valence-corrected chi connectivity index (χ1v) is 4.53. The highest BCUT2D eigenvalue weighted by Gasteiger charge is 2.32. The lowest BCUT2D eigenvalue weighted by Gasteiger charge is -2.15. The Labute approximate surface area is 108 Å². The minimum atomic E-state index is -4.83. The lowest BCUT2D eigenvalue weighted by Crippen LogP contribution is -2.26. The highest BCUT2D eigenvalue weighted by molar-refractivity contribution is 5.85. The largest absolute Gasteiger partial charge is 0.573 e. The first-order chi connectivity index (χ1) is 7.79. The molecule has 4 nitrogen and oxygen atoms in total. The van der Waals surface area contributed by atoms with Gasteiger partial charge in [0, 0.05) is 14.1 Å². The second-order valence-corrected chi connectivity index (χ2v) is 3.26. The summed E-state index contributed by atoms with van der Waals surface area (Å²) in [6, 6.07) is 5.05. The third kappa shape index (κ3) is 5.13. The number of halogens is 4. The van der Waals surface area contributed by atoms with Crippen LogP contribution in [0.5, 0.6) is 11.5 Å². The molecular weight excluding hydrogens is 275 g/mol. The summed E-state index contributed by atoms with van der Waals surface area (Å²) in [4.78, 5) is 12.3. The molecule has 1 amide bonds. The number of hydrogen-bond acceptors (Lipinski definition) is 3. The number of para-hydroxylation sites is 2. The van der Waals surface area contributed by atoms with Crippen LogP contribution in [-0.4, -0.2) is 31.5 Å². The Morgan fingerprint density at radius 3 is 2.11 bits per heavy atom. The van der Waals surface area contributed by atoms with Gasteiger partial charge in [-0.3, -0.25) is 0 Å². The van der Waals surface area contributed by atoms with E-state index in [1.807, 2.05) is 0 Å². The molecule has 1 rings (SSSR count). The van der Waals surface area contributed by atoms with Crippen molar-refractivity contribution in [2.45, 2.75) is 6.36 Å². The number of rotatable bonds is 2. The number of amides is 1. The van der Waals surface area contributed by atoms with Crippen molar-refractivity contribution < 1.29 is 27.4 Å². The van der Waals surface area contributed by atoms with Crippen molar-refractivity contribution in [1.82, 2.24) is 4.90 Å². The Hall–Kier alpha value is -1.63. The molecule has 1 aromatic rings. The average Bonchev–Trinajstić information content (AvgIpc) is 2.18. The van der Waals surface area contributed by atoms with Crippen LogP contribution in [0.15, 0.2) is 24.3 Å². The van der Waals surface area contributed by atoms with E-state index in [4.69, 9.17) is 4.74 Å². The normalized spacial score (nSPS) is 10.3. The molecule has 8 heteroatoms. The maximum atomic E-state index is 12.0. The van der Waals surface area contributed by atoms with E-state index in [-0.39, 0.29) is 18.2 Å². The first kappa shape index (κ1) is 16.4. The fraction of sp³-hybridized carbons (Fsp3) is 0.300. The third-order valence-corrected chi connectivity index (χ3v) is 1.64. The summed E-state index contributed by atoms with van der Waals surface area (Å²) in [5.74, 6) is -0.848. The number of ether oxygens (including phenoxy) is 2. The second kappa shape index (κ2) is 6.34. The van der Waals surface area contributed by atoms with Gasteiger partial charge in [0.05, 0.1) is 0 Å². The molecule has 102 valence electrons. The van der Waals surface area contributed by atoms with Gasteiger partial charge in [0.15, 0.2) is 11.5 Å². The van der Waals surface area contributed by atoms with Crippen LogP contribution < -0.4 is 9.47 Å². The molecular formula is C10H11ClF3NO3. The van der Waals surface area contributed by atoms with Gasteiger partial charge in [-0.05, 0) is 12.1 Å². The minimum Gasteiger partial charge on any atom is -0.406 e. The Bertz CT molecular complexity index is 410. The van der Waals surface area contributed by atoms with Crippen molar-refractivity contribution in [2.75, 3.05) is 14.1 Å². The topological polar surface area (TPSA) is 38.8 Å². The Kier molecular flexibility index (Phi) is 5.77. The molecule has 0 saturated carbocycles. The molecule has 0 saturated heterocycles. The summed E-state index contributed by atoms with van der Waals surface area (Å²) in [5, 5.41) is 0. The summed E-state index contributed by atoms with van der Waals surface area (Å²) >= 11 is 0. The molecule has 0 atom stereocenters. The van der Waals surface area contributed by atoms with Crippen LogP contribution >= 0.6 is 12.4 Å². The van der Waals surface area contributed by atoms with Crippen molar-refractivity contribution in [3.8, 4) is 11.5 Å². The van der Waals surface area contributed by atoms with Gasteiger partial charge >= 0.3 is 12.5 Å². The van der Waals surface area contributed by atoms with Crippen LogP contribution in [0.1, 0.15) is 0 Å². The van der Waals surface area contributed by atoms with Gasteiger partial charge in [0.25, 0.3) is 0 Å². The Morgan fingerprint density at radius 2 is 1.67 bits per heavy atom. The molecule has 0 aliphatic heterocycles. The molecule has 18 heavy (non-hydrogen) atoms. The molecule has 0 radical (unpaired) electrons. The number of hydrogen-bond donors (Lipinski definition) is 0. The second-order valence-electron chi connectivity index (χ2n) is 3.26. The van der Waals surface area contributed by atoms with Gasteiger partial charge in [0.2, 0.25) is 0 Å². The van der Waals surface area contributed by atoms with Crippen molar-refractivity contribution in [3.63, 3.8) is 0 Å². The van der Waals surface area contributed by atoms with Crippen LogP contribution in [0.4, 0.5) is 18.0 Å². The zero-order chi connectivity index (χ0) is 13.1. The predicted molar refractivity (Wildman–Crippen MR) is 60.1 cm³/mol. The molecule has 0 bridgehead atoms. The van der Waals surface area contributed by atoms with Crippen LogP contribution in [0.3, 0.4) is 0 Å². The van der Waals surface area contributed by atoms with Crippen molar-refractivity contribution in [3.05, 3.63) is 24.3 Å². The molecule has 0 aromatic heterocycles. The van der Waals surface area contributed by atoms with Crippen molar-refractivity contribution >= 4 is 18.5 Å². The van der Waals surface area contributed by atoms with E-state index in [1.54, 1.807) is 0 Å². The molecule has 0 unspecified atom stereocenters. The summed E-state index contributed by atoms with van der Waals surface area (Å²) in [6.45, 7) is 0. The quantitative estimate of drug-likeness (QED) is 0.838. The minimum absolute atomic E-state index is 0. The molecule has 0 aliphatic carbocycles. The lowest BCUT2D eigenvalue weighted by molar-refractivity contribution is -0.275. The zero-order valence-electron chi connectivity index (χ0n) is 9.52. The van der Waals surface area contributed by atoms with Crippen LogP contribution in [0.2, 0.25) is 0 Å². The first-order valence-electron chi connectivity index (χ1n) is 4.53. The number of carbonyl (C=O) groups excluding carboxylic acids is 1. The molecule has 0 N–H and O–H groups in total. The Morgan fingerprint density at radius 1 is 1.17 bits per heavy atom. The number of carbonyl (C=O) groups is 1. The standard InChI is InChI=1S/C10H10F3NO3.ClH/c1-14(2)9(15)16-7-5-3-4-6-8(7)17-10(11,12)13;/h3-6H,1-2H3;1H. The van der Waals surface area contributed by atoms with Crippen LogP contribution in [-0.2, 0) is 0 Å². The average molecular weight is 286 g/mol. The summed E-state index contributed by atoms with van der Waals surface area (Å²) in [5.41, 5.74) is 0. The van der Waals surface area contributed by atoms with E-state index in [0.29, 0.717) is 0 Å². The van der Waals surface area contributed by atoms with Crippen molar-refractivity contribution in [2.24, 2.45) is 0 Å². The van der Waals surface area contributed by atoms with Gasteiger partial charge in [0.1, 0.15) is 0 Å². The van der Waals surface area contributed by atoms with E-state index in [2.05, 4.69) is 4.74 Å². The highest BCUT2D eigenvalue weighted by atomic mass is 35.5. The molecule has 0 heterocycles. The molecule has 0 aliphatic rings. The Balaban J connectivity index is 0.00000289. The van der Waals surface area contributed by atoms with Gasteiger partial charge in [-0.15, -0.1) is 25.6 Å². The van der Waals surface area contributed by atoms with Gasteiger partial charge < -0.3 is 14.4 Å². The van der Waals surface area contributed by atoms with E-state index >= 15 is 0 Å². The van der Waals surface area contributed by atoms with E-state index < -0.39 is 18.2 Å². The summed E-state index contributed by atoms with van der Waals surface area (Å²) in [6.07, 6.45) is -5.62. The SMILES string of the molecule is CN(C)C(=O)Oc1ccccc1OC(F)(F)F.Cl. The van der Waals surface area contributed by atoms with Crippen LogP contribution in [0, 0.1) is 0 Å². The maximum absolute atomic E-state index is 12.0. The van der Waals surface area contributed by atoms with Gasteiger partial charge in [-0.2, -0.15) is 0 Å². The summed E-state index contributed by atoms with van der Waals surface area (Å²) < 4.78 is 44.6. The monoisotopic (exact) mass is 285 g/mol. The fourth-order valence-electron chi connectivity index (χ4n) is 0.929. The van der Waals surface area contributed by atoms with Crippen molar-refractivity contribution in [1.29, 1.82) is 0 Å². The number of alkyl halides is 3. The fourth-order valence-corrected chi connectivity index (χ4v) is 0.929. The highest BCUT2D eigenvalue weighted by Crippen LogP contribution is 2.31. The third-order valence-electron chi connectivity index (χ3n) is 1.64. The molecule has 0 spiro atoms. The molecule has 0 fully saturated rings. The lowest BCUT2D eigenvalue weighted by atomic mass is 10.3. The van der Waals surface area contributed by atoms with E-state index in [1.165, 1.54) is 32.3 Å². The van der Waals surface area contributed by atoms with Gasteiger partial charge in [-0.1, -0.05) is 12.1 Å². The number of nitrogens with zero attached hydrogens (tertiary/aromatic N) is 1. The number of benzene rings is 1. The predicted octanol–water partition coefficient (Wildman–Crippen LogP) is 3.07. The van der Waals surface area contributed by atoms with E-state index in [0.717, 1.165) is 11.0 Å². The smallest absolute Gasteiger partial charge is 0.406 e. The van der Waals surface area contributed by atoms with Crippen LogP contribution in [0.25, 0.3) is 0 Å². The maximum Gasteiger partial charge on any atom is 0.573 e. The van der Waals surface area contributed by atoms with E-state index in [9.17, 15) is 18.0 Å². The van der Waals surface area contributed by atoms with Gasteiger partial charge in [-0.25, -0.2) is 4.79 Å². The summed E-state index contributed by atoms with van der Waals surface area (Å²) in [7, 11) is 2.82.